The van der Waals surface area contributed by atoms with Gasteiger partial charge in [0.05, 0.1) is 0 Å². The van der Waals surface area contributed by atoms with E-state index in [1.807, 2.05) is 6.07 Å². The van der Waals surface area contributed by atoms with E-state index < -0.39 is 0 Å². The minimum atomic E-state index is -0.293. The highest BCUT2D eigenvalue weighted by Crippen LogP contribution is 2.22. The van der Waals surface area contributed by atoms with E-state index in [1.54, 1.807) is 12.1 Å². The van der Waals surface area contributed by atoms with Gasteiger partial charge in [-0.15, -0.1) is 0 Å². The first-order valence-electron chi connectivity index (χ1n) is 8.76. The Morgan fingerprint density at radius 1 is 1.00 bits per heavy atom. The Labute approximate surface area is 143 Å². The average Bonchev–Trinajstić information content (AvgIpc) is 2.62. The van der Waals surface area contributed by atoms with Gasteiger partial charge in [0.2, 0.25) is 0 Å². The smallest absolute Gasteiger partial charge is 0.163 e. The highest BCUT2D eigenvalue weighted by atomic mass is 19.1. The van der Waals surface area contributed by atoms with Gasteiger partial charge in [-0.25, -0.2) is 4.39 Å². The number of hydrogen-bond donors (Lipinski definition) is 0. The van der Waals surface area contributed by atoms with Crippen molar-refractivity contribution < 1.29 is 9.18 Å². The topological polar surface area (TPSA) is 20.3 Å². The lowest BCUT2D eigenvalue weighted by atomic mass is 9.89. The molecule has 0 amide bonds. The minimum absolute atomic E-state index is 0.137. The first-order chi connectivity index (χ1) is 11.7. The molecule has 3 heteroatoms. The molecule has 0 spiro atoms. The molecule has 0 atom stereocenters. The Kier molecular flexibility index (Phi) is 5.76. The van der Waals surface area contributed by atoms with Gasteiger partial charge in [-0.05, 0) is 68.1 Å². The monoisotopic (exact) mass is 325 g/mol. The number of ketones is 1. The van der Waals surface area contributed by atoms with Gasteiger partial charge in [-0.3, -0.25) is 4.79 Å². The number of carbonyl (C=O) groups is 1. The first kappa shape index (κ1) is 16.8. The summed E-state index contributed by atoms with van der Waals surface area (Å²) in [5, 5.41) is 0. The Morgan fingerprint density at radius 3 is 2.33 bits per heavy atom. The summed E-state index contributed by atoms with van der Waals surface area (Å²) < 4.78 is 12.9. The van der Waals surface area contributed by atoms with Crippen molar-refractivity contribution in [3.63, 3.8) is 0 Å². The van der Waals surface area contributed by atoms with Crippen LogP contribution in [0.1, 0.15) is 35.2 Å². The molecule has 0 radical (unpaired) electrons. The van der Waals surface area contributed by atoms with Crippen LogP contribution in [0.15, 0.2) is 54.6 Å². The third kappa shape index (κ3) is 4.75. The van der Waals surface area contributed by atoms with E-state index in [2.05, 4.69) is 29.2 Å². The zero-order valence-electron chi connectivity index (χ0n) is 14.0. The van der Waals surface area contributed by atoms with E-state index >= 15 is 0 Å². The molecule has 126 valence electrons. The number of piperidine rings is 1. The van der Waals surface area contributed by atoms with E-state index in [1.165, 1.54) is 17.7 Å². The largest absolute Gasteiger partial charge is 0.303 e. The molecule has 0 saturated carbocycles. The third-order valence-electron chi connectivity index (χ3n) is 4.91. The van der Waals surface area contributed by atoms with Crippen molar-refractivity contribution in [2.45, 2.75) is 25.7 Å². The maximum Gasteiger partial charge on any atom is 0.163 e. The minimum Gasteiger partial charge on any atom is -0.303 e. The average molecular weight is 325 g/mol. The first-order valence-corrected chi connectivity index (χ1v) is 8.76. The molecule has 1 heterocycles. The zero-order chi connectivity index (χ0) is 16.8. The Bertz CT molecular complexity index is 645. The van der Waals surface area contributed by atoms with Crippen molar-refractivity contribution in [3.05, 3.63) is 71.5 Å². The molecule has 0 aromatic heterocycles. The van der Waals surface area contributed by atoms with Crippen molar-refractivity contribution in [2.24, 2.45) is 5.92 Å². The predicted octanol–water partition coefficient (Wildman–Crippen LogP) is 4.35. The maximum atomic E-state index is 12.9. The van der Waals surface area contributed by atoms with Crippen LogP contribution in [-0.2, 0) is 6.42 Å². The Balaban J connectivity index is 1.42. The summed E-state index contributed by atoms with van der Waals surface area (Å²) in [5.74, 6) is 0.298. The van der Waals surface area contributed by atoms with Crippen LogP contribution < -0.4 is 0 Å². The molecule has 2 nitrogen and oxygen atoms in total. The van der Waals surface area contributed by atoms with Gasteiger partial charge in [0.25, 0.3) is 0 Å². The molecule has 1 aliphatic rings. The maximum absolute atomic E-state index is 12.9. The predicted molar refractivity (Wildman–Crippen MR) is 94.7 cm³/mol. The van der Waals surface area contributed by atoms with Gasteiger partial charge in [0.15, 0.2) is 5.78 Å². The van der Waals surface area contributed by atoms with Crippen LogP contribution in [0.5, 0.6) is 0 Å². The van der Waals surface area contributed by atoms with E-state index in [-0.39, 0.29) is 11.6 Å². The van der Waals surface area contributed by atoms with Crippen molar-refractivity contribution in [3.8, 4) is 0 Å². The fraction of sp³-hybridized carbons (Fsp3) is 0.381. The van der Waals surface area contributed by atoms with Crippen LogP contribution in [0.25, 0.3) is 0 Å². The van der Waals surface area contributed by atoms with Crippen molar-refractivity contribution in [2.75, 3.05) is 19.6 Å². The number of Topliss-reactive ketones (excluding diaryl/α,β-unsaturated/α-hetero) is 1. The molecule has 0 aliphatic carbocycles. The lowest BCUT2D eigenvalue weighted by Gasteiger charge is -2.31. The molecule has 1 fully saturated rings. The Hall–Kier alpha value is -2.00. The van der Waals surface area contributed by atoms with Crippen LogP contribution in [0.2, 0.25) is 0 Å². The summed E-state index contributed by atoms with van der Waals surface area (Å²) >= 11 is 0. The molecule has 1 aliphatic heterocycles. The number of nitrogens with zero attached hydrogens (tertiary/aromatic N) is 1. The normalized spacial score (nSPS) is 16.2. The van der Waals surface area contributed by atoms with Gasteiger partial charge in [-0.2, -0.15) is 0 Å². The number of halogens is 1. The summed E-state index contributed by atoms with van der Waals surface area (Å²) in [5.41, 5.74) is 2.01. The lowest BCUT2D eigenvalue weighted by Crippen LogP contribution is -2.35. The molecule has 0 bridgehead atoms. The fourth-order valence-corrected chi connectivity index (χ4v) is 3.36. The van der Waals surface area contributed by atoms with E-state index in [9.17, 15) is 9.18 Å². The molecular formula is C21H24FNO. The summed E-state index contributed by atoms with van der Waals surface area (Å²) in [6.07, 6.45) is 3.81. The number of benzene rings is 2. The fourth-order valence-electron chi connectivity index (χ4n) is 3.36. The summed E-state index contributed by atoms with van der Waals surface area (Å²) in [7, 11) is 0. The van der Waals surface area contributed by atoms with E-state index in [4.69, 9.17) is 0 Å². The van der Waals surface area contributed by atoms with E-state index in [0.717, 1.165) is 38.9 Å². The van der Waals surface area contributed by atoms with Crippen LogP contribution in [0.3, 0.4) is 0 Å². The van der Waals surface area contributed by atoms with Crippen molar-refractivity contribution in [1.29, 1.82) is 0 Å². The second kappa shape index (κ2) is 8.20. The van der Waals surface area contributed by atoms with Crippen LogP contribution in [-0.4, -0.2) is 30.3 Å². The number of likely N-dealkylation sites (tertiary alicyclic amines) is 1. The number of carbonyl (C=O) groups excluding carboxylic acids is 1. The summed E-state index contributed by atoms with van der Waals surface area (Å²) in [4.78, 5) is 14.8. The van der Waals surface area contributed by atoms with Gasteiger partial charge in [-0.1, -0.05) is 30.3 Å². The molecule has 0 unspecified atom stereocenters. The Morgan fingerprint density at radius 2 is 1.67 bits per heavy atom. The summed E-state index contributed by atoms with van der Waals surface area (Å²) in [6.45, 7) is 3.21. The molecule has 3 rings (SSSR count). The number of hydrogen-bond acceptors (Lipinski definition) is 2. The van der Waals surface area contributed by atoms with Gasteiger partial charge >= 0.3 is 0 Å². The zero-order valence-corrected chi connectivity index (χ0v) is 14.0. The van der Waals surface area contributed by atoms with Crippen molar-refractivity contribution in [1.82, 2.24) is 4.90 Å². The number of rotatable bonds is 6. The molecule has 1 saturated heterocycles. The quantitative estimate of drug-likeness (QED) is 0.736. The van der Waals surface area contributed by atoms with E-state index in [0.29, 0.717) is 17.9 Å². The SMILES string of the molecule is O=C(CC1CCN(CCc2ccccc2)CC1)c1ccc(F)cc1. The lowest BCUT2D eigenvalue weighted by molar-refractivity contribution is 0.0928. The third-order valence-corrected chi connectivity index (χ3v) is 4.91. The van der Waals surface area contributed by atoms with Crippen molar-refractivity contribution >= 4 is 5.78 Å². The van der Waals surface area contributed by atoms with Crippen LogP contribution in [0, 0.1) is 11.7 Å². The highest BCUT2D eigenvalue weighted by Gasteiger charge is 2.21. The van der Waals surface area contributed by atoms with Gasteiger partial charge in [0, 0.05) is 18.5 Å². The molecule has 2 aromatic rings. The van der Waals surface area contributed by atoms with Crippen LogP contribution in [0.4, 0.5) is 4.39 Å². The highest BCUT2D eigenvalue weighted by molar-refractivity contribution is 5.96. The van der Waals surface area contributed by atoms with Gasteiger partial charge in [0.1, 0.15) is 5.82 Å². The molecule has 0 N–H and O–H groups in total. The molecular weight excluding hydrogens is 301 g/mol. The second-order valence-corrected chi connectivity index (χ2v) is 6.65. The molecule has 2 aromatic carbocycles. The second-order valence-electron chi connectivity index (χ2n) is 6.65. The van der Waals surface area contributed by atoms with Gasteiger partial charge < -0.3 is 4.90 Å². The van der Waals surface area contributed by atoms with Crippen LogP contribution >= 0.6 is 0 Å². The summed E-state index contributed by atoms with van der Waals surface area (Å²) in [6, 6.07) is 16.5. The standard InChI is InChI=1S/C21H24FNO/c22-20-8-6-19(7-9-20)21(24)16-18-11-14-23(15-12-18)13-10-17-4-2-1-3-5-17/h1-9,18H,10-16H2. The molecule has 24 heavy (non-hydrogen) atoms.